The summed E-state index contributed by atoms with van der Waals surface area (Å²) in [4.78, 5) is 15.4. The van der Waals surface area contributed by atoms with Crippen LogP contribution in [0.4, 0.5) is 0 Å². The fourth-order valence-electron chi connectivity index (χ4n) is 2.01. The molecule has 0 spiro atoms. The van der Waals surface area contributed by atoms with Crippen molar-refractivity contribution in [3.8, 4) is 0 Å². The molecule has 0 radical (unpaired) electrons. The normalized spacial score (nSPS) is 21.2. The molecular formula is C10H14N2O. The number of hydrogen-bond donors (Lipinski definition) is 0. The average Bonchev–Trinajstić information content (AvgIpc) is 2.48. The van der Waals surface area contributed by atoms with Gasteiger partial charge in [0.05, 0.1) is 6.33 Å². The van der Waals surface area contributed by atoms with Crippen molar-refractivity contribution in [1.29, 1.82) is 0 Å². The van der Waals surface area contributed by atoms with Crippen molar-refractivity contribution in [1.82, 2.24) is 9.55 Å². The Morgan fingerprint density at radius 1 is 1.69 bits per heavy atom. The zero-order valence-corrected chi connectivity index (χ0v) is 8.08. The molecule has 1 atom stereocenters. The highest BCUT2D eigenvalue weighted by Crippen LogP contribution is 2.25. The maximum absolute atomic E-state index is 11.2. The molecule has 1 unspecified atom stereocenters. The van der Waals surface area contributed by atoms with Crippen LogP contribution in [0.2, 0.25) is 0 Å². The number of aromatic nitrogens is 2. The zero-order valence-electron chi connectivity index (χ0n) is 8.08. The Balaban J connectivity index is 2.47. The highest BCUT2D eigenvalue weighted by molar-refractivity contribution is 5.93. The summed E-state index contributed by atoms with van der Waals surface area (Å²) in [5.41, 5.74) is 1.80. The van der Waals surface area contributed by atoms with Crippen LogP contribution < -0.4 is 0 Å². The van der Waals surface area contributed by atoms with Crippen LogP contribution in [0.3, 0.4) is 0 Å². The quantitative estimate of drug-likeness (QED) is 0.616. The molecule has 3 nitrogen and oxygen atoms in total. The standard InChI is InChI=1S/C10H14N2O/c1-7-4-3-5-9-10(8(2)13)11-6-12(7)9/h6-7H,3-5H2,1-2H3. The number of fused-ring (bicyclic) bond motifs is 1. The van der Waals surface area contributed by atoms with Crippen molar-refractivity contribution in [3.05, 3.63) is 17.7 Å². The highest BCUT2D eigenvalue weighted by Gasteiger charge is 2.21. The minimum absolute atomic E-state index is 0.0860. The van der Waals surface area contributed by atoms with Gasteiger partial charge in [-0.3, -0.25) is 4.79 Å². The SMILES string of the molecule is CC(=O)c1ncn2c1CCCC2C. The predicted octanol–water partition coefficient (Wildman–Crippen LogP) is 1.98. The van der Waals surface area contributed by atoms with Crippen LogP contribution in [0, 0.1) is 0 Å². The van der Waals surface area contributed by atoms with E-state index in [0.29, 0.717) is 11.7 Å². The van der Waals surface area contributed by atoms with Gasteiger partial charge < -0.3 is 4.57 Å². The number of ketones is 1. The lowest BCUT2D eigenvalue weighted by Crippen LogP contribution is -2.15. The van der Waals surface area contributed by atoms with Crippen LogP contribution >= 0.6 is 0 Å². The lowest BCUT2D eigenvalue weighted by molar-refractivity contribution is 0.101. The van der Waals surface area contributed by atoms with E-state index in [2.05, 4.69) is 16.5 Å². The van der Waals surface area contributed by atoms with Crippen LogP contribution in [-0.2, 0) is 6.42 Å². The molecule has 0 bridgehead atoms. The molecule has 0 saturated carbocycles. The molecule has 0 amide bonds. The van der Waals surface area contributed by atoms with Crippen LogP contribution in [0.5, 0.6) is 0 Å². The van der Waals surface area contributed by atoms with E-state index in [1.165, 1.54) is 12.8 Å². The van der Waals surface area contributed by atoms with Crippen molar-refractivity contribution in [2.24, 2.45) is 0 Å². The van der Waals surface area contributed by atoms with Gasteiger partial charge in [0.2, 0.25) is 0 Å². The molecule has 13 heavy (non-hydrogen) atoms. The van der Waals surface area contributed by atoms with Crippen molar-refractivity contribution < 1.29 is 4.79 Å². The fourth-order valence-corrected chi connectivity index (χ4v) is 2.01. The van der Waals surface area contributed by atoms with Gasteiger partial charge in [0.15, 0.2) is 5.78 Å². The Labute approximate surface area is 77.8 Å². The molecule has 1 aromatic heterocycles. The Kier molecular flexibility index (Phi) is 1.94. The first-order valence-electron chi connectivity index (χ1n) is 4.77. The van der Waals surface area contributed by atoms with Gasteiger partial charge in [0, 0.05) is 18.7 Å². The Morgan fingerprint density at radius 3 is 3.15 bits per heavy atom. The van der Waals surface area contributed by atoms with Crippen molar-refractivity contribution in [3.63, 3.8) is 0 Å². The summed E-state index contributed by atoms with van der Waals surface area (Å²) >= 11 is 0. The molecule has 70 valence electrons. The summed E-state index contributed by atoms with van der Waals surface area (Å²) in [5, 5.41) is 0. The van der Waals surface area contributed by atoms with Gasteiger partial charge in [0.1, 0.15) is 5.69 Å². The van der Waals surface area contributed by atoms with Gasteiger partial charge in [-0.2, -0.15) is 0 Å². The molecule has 0 N–H and O–H groups in total. The van der Waals surface area contributed by atoms with E-state index >= 15 is 0 Å². The summed E-state index contributed by atoms with van der Waals surface area (Å²) in [6.45, 7) is 3.76. The van der Waals surface area contributed by atoms with E-state index in [0.717, 1.165) is 12.1 Å². The molecular weight excluding hydrogens is 164 g/mol. The van der Waals surface area contributed by atoms with Gasteiger partial charge >= 0.3 is 0 Å². The molecule has 3 heteroatoms. The second-order valence-corrected chi connectivity index (χ2v) is 3.74. The summed E-state index contributed by atoms with van der Waals surface area (Å²) in [6.07, 6.45) is 5.17. The van der Waals surface area contributed by atoms with E-state index < -0.39 is 0 Å². The maximum atomic E-state index is 11.2. The van der Waals surface area contributed by atoms with E-state index in [1.54, 1.807) is 13.3 Å². The first-order chi connectivity index (χ1) is 6.20. The van der Waals surface area contributed by atoms with Gasteiger partial charge in [0.25, 0.3) is 0 Å². The van der Waals surface area contributed by atoms with E-state index in [-0.39, 0.29) is 5.78 Å². The third-order valence-electron chi connectivity index (χ3n) is 2.74. The molecule has 1 aliphatic rings. The van der Waals surface area contributed by atoms with Crippen LogP contribution in [-0.4, -0.2) is 15.3 Å². The lowest BCUT2D eigenvalue weighted by atomic mass is 10.0. The monoisotopic (exact) mass is 178 g/mol. The number of carbonyl (C=O) groups excluding carboxylic acids is 1. The number of nitrogens with zero attached hydrogens (tertiary/aromatic N) is 2. The molecule has 1 aliphatic heterocycles. The van der Waals surface area contributed by atoms with Gasteiger partial charge in [-0.1, -0.05) is 0 Å². The number of imidazole rings is 1. The Hall–Kier alpha value is -1.12. The first kappa shape index (κ1) is 8.48. The fraction of sp³-hybridized carbons (Fsp3) is 0.600. The molecule has 0 aliphatic carbocycles. The van der Waals surface area contributed by atoms with Crippen LogP contribution in [0.1, 0.15) is 48.9 Å². The lowest BCUT2D eigenvalue weighted by Gasteiger charge is -2.22. The maximum Gasteiger partial charge on any atom is 0.179 e. The second-order valence-electron chi connectivity index (χ2n) is 3.74. The van der Waals surface area contributed by atoms with Crippen LogP contribution in [0.25, 0.3) is 0 Å². The van der Waals surface area contributed by atoms with E-state index in [9.17, 15) is 4.79 Å². The molecule has 0 fully saturated rings. The number of Topliss-reactive ketones (excluding diaryl/α,β-unsaturated/α-hetero) is 1. The number of rotatable bonds is 1. The second kappa shape index (κ2) is 2.98. The molecule has 2 rings (SSSR count). The summed E-state index contributed by atoms with van der Waals surface area (Å²) in [5.74, 6) is 0.0860. The largest absolute Gasteiger partial charge is 0.331 e. The molecule has 2 heterocycles. The van der Waals surface area contributed by atoms with E-state index in [4.69, 9.17) is 0 Å². The molecule has 0 saturated heterocycles. The minimum atomic E-state index is 0.0860. The Bertz CT molecular complexity index is 341. The third-order valence-corrected chi connectivity index (χ3v) is 2.74. The summed E-state index contributed by atoms with van der Waals surface area (Å²) in [7, 11) is 0. The van der Waals surface area contributed by atoms with Crippen molar-refractivity contribution in [2.75, 3.05) is 0 Å². The van der Waals surface area contributed by atoms with Gasteiger partial charge in [-0.15, -0.1) is 0 Å². The average molecular weight is 178 g/mol. The summed E-state index contributed by atoms with van der Waals surface area (Å²) < 4.78 is 2.14. The van der Waals surface area contributed by atoms with Crippen molar-refractivity contribution in [2.45, 2.75) is 39.2 Å². The predicted molar refractivity (Wildman–Crippen MR) is 49.9 cm³/mol. The minimum Gasteiger partial charge on any atom is -0.331 e. The smallest absolute Gasteiger partial charge is 0.179 e. The van der Waals surface area contributed by atoms with Crippen molar-refractivity contribution >= 4 is 5.78 Å². The molecule has 1 aromatic rings. The Morgan fingerprint density at radius 2 is 2.46 bits per heavy atom. The van der Waals surface area contributed by atoms with Gasteiger partial charge in [-0.05, 0) is 26.2 Å². The van der Waals surface area contributed by atoms with E-state index in [1.807, 2.05) is 0 Å². The third kappa shape index (κ3) is 1.28. The highest BCUT2D eigenvalue weighted by atomic mass is 16.1. The number of carbonyl (C=O) groups is 1. The zero-order chi connectivity index (χ0) is 9.42. The van der Waals surface area contributed by atoms with Gasteiger partial charge in [-0.25, -0.2) is 4.98 Å². The molecule has 0 aromatic carbocycles. The topological polar surface area (TPSA) is 34.9 Å². The number of hydrogen-bond acceptors (Lipinski definition) is 2. The first-order valence-corrected chi connectivity index (χ1v) is 4.77. The summed E-state index contributed by atoms with van der Waals surface area (Å²) in [6, 6.07) is 0.504. The van der Waals surface area contributed by atoms with Crippen LogP contribution in [0.15, 0.2) is 6.33 Å².